The standard InChI is InChI=1S/C16H14F3N3O2/c17-16(18,19)10-6-13(14(23)20-8-10)22-15(24)21-12-7-11(12)9-4-2-1-3-5-9/h1-6,8,11-12H,7H2,(H,20,23)(H2,21,22,24)/t11-,12-/m0/s1. The van der Waals surface area contributed by atoms with Crippen LogP contribution in [0.2, 0.25) is 0 Å². The second kappa shape index (κ2) is 6.03. The Bertz CT molecular complexity index is 802. The average Bonchev–Trinajstić information content (AvgIpc) is 3.28. The lowest BCUT2D eigenvalue weighted by molar-refractivity contribution is -0.137. The van der Waals surface area contributed by atoms with Crippen LogP contribution in [0, 0.1) is 0 Å². The number of amides is 2. The first-order valence-electron chi connectivity index (χ1n) is 7.27. The topological polar surface area (TPSA) is 74.0 Å². The quantitative estimate of drug-likeness (QED) is 0.805. The zero-order valence-electron chi connectivity index (χ0n) is 12.4. The fraction of sp³-hybridized carbons (Fsp3) is 0.250. The van der Waals surface area contributed by atoms with E-state index in [1.807, 2.05) is 35.3 Å². The highest BCUT2D eigenvalue weighted by atomic mass is 19.4. The van der Waals surface area contributed by atoms with Crippen LogP contribution in [-0.2, 0) is 6.18 Å². The van der Waals surface area contributed by atoms with E-state index in [4.69, 9.17) is 0 Å². The molecule has 1 saturated carbocycles. The molecule has 2 amide bonds. The van der Waals surface area contributed by atoms with E-state index in [9.17, 15) is 22.8 Å². The van der Waals surface area contributed by atoms with E-state index in [1.54, 1.807) is 0 Å². The number of carbonyl (C=O) groups excluding carboxylic acids is 1. The lowest BCUT2D eigenvalue weighted by atomic mass is 10.1. The molecule has 0 radical (unpaired) electrons. The molecule has 3 rings (SSSR count). The van der Waals surface area contributed by atoms with Gasteiger partial charge in [-0.2, -0.15) is 13.2 Å². The minimum Gasteiger partial charge on any atom is -0.334 e. The van der Waals surface area contributed by atoms with E-state index < -0.39 is 29.0 Å². The van der Waals surface area contributed by atoms with Crippen LogP contribution in [0.4, 0.5) is 23.7 Å². The van der Waals surface area contributed by atoms with Gasteiger partial charge in [0.2, 0.25) is 0 Å². The molecule has 3 N–H and O–H groups in total. The summed E-state index contributed by atoms with van der Waals surface area (Å²) in [5, 5.41) is 4.82. The van der Waals surface area contributed by atoms with Gasteiger partial charge in [-0.3, -0.25) is 4.79 Å². The Hall–Kier alpha value is -2.77. The number of alkyl halides is 3. The smallest absolute Gasteiger partial charge is 0.334 e. The molecule has 2 aromatic rings. The van der Waals surface area contributed by atoms with Crippen molar-refractivity contribution in [3.05, 3.63) is 64.1 Å². The fourth-order valence-electron chi connectivity index (χ4n) is 2.49. The van der Waals surface area contributed by atoms with Crippen molar-refractivity contribution in [3.8, 4) is 0 Å². The van der Waals surface area contributed by atoms with Gasteiger partial charge in [-0.15, -0.1) is 0 Å². The second-order valence-corrected chi connectivity index (χ2v) is 5.59. The molecule has 1 heterocycles. The van der Waals surface area contributed by atoms with Crippen molar-refractivity contribution in [1.82, 2.24) is 10.3 Å². The van der Waals surface area contributed by atoms with Gasteiger partial charge in [0.25, 0.3) is 5.56 Å². The van der Waals surface area contributed by atoms with Crippen LogP contribution in [0.25, 0.3) is 0 Å². The number of rotatable bonds is 3. The van der Waals surface area contributed by atoms with Crippen LogP contribution in [0.3, 0.4) is 0 Å². The minimum atomic E-state index is -4.61. The van der Waals surface area contributed by atoms with Gasteiger partial charge in [-0.1, -0.05) is 30.3 Å². The van der Waals surface area contributed by atoms with Crippen molar-refractivity contribution < 1.29 is 18.0 Å². The summed E-state index contributed by atoms with van der Waals surface area (Å²) in [7, 11) is 0. The third-order valence-electron chi connectivity index (χ3n) is 3.81. The molecule has 1 aliphatic carbocycles. The molecule has 1 aliphatic rings. The zero-order valence-corrected chi connectivity index (χ0v) is 12.4. The molecule has 126 valence electrons. The normalized spacial score (nSPS) is 19.6. The Morgan fingerprint density at radius 1 is 1.21 bits per heavy atom. The van der Waals surface area contributed by atoms with E-state index in [0.717, 1.165) is 12.0 Å². The number of carbonyl (C=O) groups is 1. The summed E-state index contributed by atoms with van der Waals surface area (Å²) in [5.74, 6) is 0.178. The van der Waals surface area contributed by atoms with Crippen LogP contribution in [0.5, 0.6) is 0 Å². The van der Waals surface area contributed by atoms with E-state index in [1.165, 1.54) is 0 Å². The van der Waals surface area contributed by atoms with Gasteiger partial charge in [0, 0.05) is 18.2 Å². The Morgan fingerprint density at radius 2 is 1.92 bits per heavy atom. The number of urea groups is 1. The maximum atomic E-state index is 12.6. The third-order valence-corrected chi connectivity index (χ3v) is 3.81. The van der Waals surface area contributed by atoms with Gasteiger partial charge in [0.05, 0.1) is 5.56 Å². The molecule has 0 bridgehead atoms. The molecule has 5 nitrogen and oxygen atoms in total. The SMILES string of the molecule is O=C(Nc1cc(C(F)(F)F)c[nH]c1=O)N[C@H]1C[C@H]1c1ccccc1. The van der Waals surface area contributed by atoms with Crippen LogP contribution in [-0.4, -0.2) is 17.1 Å². The molecule has 0 spiro atoms. The van der Waals surface area contributed by atoms with Gasteiger partial charge in [0.1, 0.15) is 5.69 Å². The Balaban J connectivity index is 1.63. The van der Waals surface area contributed by atoms with Gasteiger partial charge < -0.3 is 15.6 Å². The summed E-state index contributed by atoms with van der Waals surface area (Å²) in [6, 6.07) is 9.38. The predicted molar refractivity (Wildman–Crippen MR) is 81.8 cm³/mol. The van der Waals surface area contributed by atoms with Crippen LogP contribution in [0.15, 0.2) is 47.4 Å². The summed E-state index contributed by atoms with van der Waals surface area (Å²) in [4.78, 5) is 25.4. The Kier molecular flexibility index (Phi) is 4.04. The van der Waals surface area contributed by atoms with Crippen molar-refractivity contribution in [2.45, 2.75) is 24.6 Å². The first-order valence-corrected chi connectivity index (χ1v) is 7.27. The molecule has 2 atom stereocenters. The number of hydrogen-bond acceptors (Lipinski definition) is 2. The van der Waals surface area contributed by atoms with Crippen LogP contribution in [0.1, 0.15) is 23.5 Å². The molecular formula is C16H14F3N3O2. The molecule has 1 aromatic carbocycles. The maximum absolute atomic E-state index is 12.6. The number of H-pyrrole nitrogens is 1. The minimum absolute atomic E-state index is 0.0997. The van der Waals surface area contributed by atoms with Gasteiger partial charge in [-0.05, 0) is 18.1 Å². The van der Waals surface area contributed by atoms with Crippen molar-refractivity contribution in [3.63, 3.8) is 0 Å². The lowest BCUT2D eigenvalue weighted by Crippen LogP contribution is -2.33. The first-order chi connectivity index (χ1) is 11.3. The van der Waals surface area contributed by atoms with Crippen molar-refractivity contribution in [1.29, 1.82) is 0 Å². The first kappa shape index (κ1) is 16.1. The Morgan fingerprint density at radius 3 is 2.58 bits per heavy atom. The highest BCUT2D eigenvalue weighted by Gasteiger charge is 2.39. The highest BCUT2D eigenvalue weighted by Crippen LogP contribution is 2.40. The number of halogens is 3. The van der Waals surface area contributed by atoms with Gasteiger partial charge >= 0.3 is 12.2 Å². The maximum Gasteiger partial charge on any atom is 0.417 e. The number of aromatic nitrogens is 1. The summed E-state index contributed by atoms with van der Waals surface area (Å²) in [5.41, 5.74) is -1.20. The molecule has 0 aliphatic heterocycles. The van der Waals surface area contributed by atoms with Crippen LogP contribution < -0.4 is 16.2 Å². The van der Waals surface area contributed by atoms with E-state index in [0.29, 0.717) is 12.3 Å². The number of aromatic amines is 1. The molecule has 24 heavy (non-hydrogen) atoms. The predicted octanol–water partition coefficient (Wildman–Crippen LogP) is 3.07. The number of anilines is 1. The van der Waals surface area contributed by atoms with Crippen molar-refractivity contribution >= 4 is 11.7 Å². The Labute approximate surface area is 134 Å². The second-order valence-electron chi connectivity index (χ2n) is 5.59. The fourth-order valence-corrected chi connectivity index (χ4v) is 2.49. The van der Waals surface area contributed by atoms with Crippen molar-refractivity contribution in [2.24, 2.45) is 0 Å². The highest BCUT2D eigenvalue weighted by molar-refractivity contribution is 5.89. The number of pyridine rings is 1. The molecule has 8 heteroatoms. The zero-order chi connectivity index (χ0) is 17.3. The number of nitrogens with one attached hydrogen (secondary N) is 3. The summed E-state index contributed by atoms with van der Waals surface area (Å²) >= 11 is 0. The molecule has 1 fully saturated rings. The molecule has 1 aromatic heterocycles. The van der Waals surface area contributed by atoms with Crippen molar-refractivity contribution in [2.75, 3.05) is 5.32 Å². The molecule has 0 unspecified atom stereocenters. The summed E-state index contributed by atoms with van der Waals surface area (Å²) < 4.78 is 37.9. The number of hydrogen-bond donors (Lipinski definition) is 3. The molecular weight excluding hydrogens is 323 g/mol. The largest absolute Gasteiger partial charge is 0.417 e. The van der Waals surface area contributed by atoms with E-state index in [2.05, 4.69) is 10.6 Å². The molecule has 0 saturated heterocycles. The monoisotopic (exact) mass is 337 g/mol. The number of benzene rings is 1. The van der Waals surface area contributed by atoms with Gasteiger partial charge in [-0.25, -0.2) is 4.79 Å². The third kappa shape index (κ3) is 3.58. The summed E-state index contributed by atoms with van der Waals surface area (Å²) in [6.45, 7) is 0. The van der Waals surface area contributed by atoms with E-state index >= 15 is 0 Å². The summed E-state index contributed by atoms with van der Waals surface area (Å²) in [6.07, 6.45) is -3.29. The van der Waals surface area contributed by atoms with Crippen LogP contribution >= 0.6 is 0 Å². The van der Waals surface area contributed by atoms with E-state index in [-0.39, 0.29) is 12.0 Å². The van der Waals surface area contributed by atoms with Gasteiger partial charge in [0.15, 0.2) is 0 Å². The lowest BCUT2D eigenvalue weighted by Gasteiger charge is -2.10. The average molecular weight is 337 g/mol.